The van der Waals surface area contributed by atoms with Crippen LogP contribution in [0.4, 0.5) is 0 Å². The Morgan fingerprint density at radius 2 is 2.08 bits per heavy atom. The highest BCUT2D eigenvalue weighted by Crippen LogP contribution is 2.54. The maximum Gasteiger partial charge on any atom is 0.0769 e. The SMILES string of the molecule is CCSC1=N[C@]2(C)CC=CC[C@]12C. The molecule has 0 fully saturated rings. The van der Waals surface area contributed by atoms with E-state index in [1.165, 1.54) is 11.5 Å². The molecule has 0 saturated carbocycles. The monoisotopic (exact) mass is 195 g/mol. The Morgan fingerprint density at radius 3 is 2.69 bits per heavy atom. The van der Waals surface area contributed by atoms with E-state index in [-0.39, 0.29) is 5.54 Å². The van der Waals surface area contributed by atoms with E-state index in [0.29, 0.717) is 5.41 Å². The third-order valence-electron chi connectivity index (χ3n) is 3.50. The Bertz CT molecular complexity index is 282. The van der Waals surface area contributed by atoms with Gasteiger partial charge in [0.2, 0.25) is 0 Å². The van der Waals surface area contributed by atoms with E-state index in [1.807, 2.05) is 11.8 Å². The van der Waals surface area contributed by atoms with Gasteiger partial charge in [0.15, 0.2) is 0 Å². The summed E-state index contributed by atoms with van der Waals surface area (Å²) in [7, 11) is 0. The summed E-state index contributed by atoms with van der Waals surface area (Å²) in [6, 6.07) is 0. The largest absolute Gasteiger partial charge is 0.275 e. The van der Waals surface area contributed by atoms with Gasteiger partial charge >= 0.3 is 0 Å². The highest BCUT2D eigenvalue weighted by molar-refractivity contribution is 8.14. The predicted octanol–water partition coefficient (Wildman–Crippen LogP) is 3.27. The summed E-state index contributed by atoms with van der Waals surface area (Å²) in [5.41, 5.74) is 0.557. The predicted molar refractivity (Wildman–Crippen MR) is 60.5 cm³/mol. The summed E-state index contributed by atoms with van der Waals surface area (Å²) in [5.74, 6) is 1.15. The molecule has 0 N–H and O–H groups in total. The Balaban J connectivity index is 2.25. The Kier molecular flexibility index (Phi) is 2.06. The molecule has 0 bridgehead atoms. The third-order valence-corrected chi connectivity index (χ3v) is 4.60. The number of fused-ring (bicyclic) bond motifs is 1. The molecular weight excluding hydrogens is 178 g/mol. The Labute approximate surface area is 84.7 Å². The molecule has 2 rings (SSSR count). The number of nitrogens with zero attached hydrogens (tertiary/aromatic N) is 1. The molecule has 1 nitrogen and oxygen atoms in total. The molecule has 0 aromatic rings. The van der Waals surface area contributed by atoms with Gasteiger partial charge in [0, 0.05) is 5.41 Å². The maximum atomic E-state index is 4.77. The molecule has 0 unspecified atom stereocenters. The minimum absolute atomic E-state index is 0.208. The van der Waals surface area contributed by atoms with E-state index in [2.05, 4.69) is 32.9 Å². The van der Waals surface area contributed by atoms with E-state index in [4.69, 9.17) is 4.99 Å². The lowest BCUT2D eigenvalue weighted by Gasteiger charge is -2.53. The van der Waals surface area contributed by atoms with Gasteiger partial charge in [0.05, 0.1) is 10.6 Å². The second kappa shape index (κ2) is 2.88. The van der Waals surface area contributed by atoms with Gasteiger partial charge in [-0.15, -0.1) is 11.8 Å². The molecule has 0 aromatic carbocycles. The Hall–Kier alpha value is -0.240. The summed E-state index contributed by atoms with van der Waals surface area (Å²) < 4.78 is 0. The highest BCUT2D eigenvalue weighted by Gasteiger charge is 2.55. The molecule has 0 radical (unpaired) electrons. The molecule has 0 amide bonds. The van der Waals surface area contributed by atoms with Crippen LogP contribution in [-0.2, 0) is 0 Å². The van der Waals surface area contributed by atoms with Gasteiger partial charge in [0.25, 0.3) is 0 Å². The molecule has 72 valence electrons. The van der Waals surface area contributed by atoms with Crippen molar-refractivity contribution in [3.05, 3.63) is 12.2 Å². The van der Waals surface area contributed by atoms with Gasteiger partial charge in [-0.05, 0) is 25.5 Å². The first-order valence-electron chi connectivity index (χ1n) is 5.00. The maximum absolute atomic E-state index is 4.77. The number of rotatable bonds is 1. The van der Waals surface area contributed by atoms with Crippen molar-refractivity contribution in [2.75, 3.05) is 5.75 Å². The standard InChI is InChI=1S/C11H17NS/c1-4-13-9-10(2)7-5-6-8-11(10,3)12-9/h5-6H,4,7-8H2,1-3H3/t10-,11-/m1/s1. The van der Waals surface area contributed by atoms with Crippen LogP contribution < -0.4 is 0 Å². The van der Waals surface area contributed by atoms with Crippen molar-refractivity contribution in [3.63, 3.8) is 0 Å². The first-order valence-corrected chi connectivity index (χ1v) is 5.99. The lowest BCUT2D eigenvalue weighted by molar-refractivity contribution is 0.205. The molecule has 1 heterocycles. The summed E-state index contributed by atoms with van der Waals surface area (Å²) in [6.45, 7) is 6.85. The number of aliphatic imine (C=N–C) groups is 1. The highest BCUT2D eigenvalue weighted by atomic mass is 32.2. The zero-order chi connectivity index (χ0) is 9.53. The Morgan fingerprint density at radius 1 is 1.38 bits per heavy atom. The first-order chi connectivity index (χ1) is 6.12. The summed E-state index contributed by atoms with van der Waals surface area (Å²) in [4.78, 5) is 4.77. The van der Waals surface area contributed by atoms with E-state index in [0.717, 1.165) is 12.2 Å². The molecule has 1 aliphatic carbocycles. The summed E-state index contributed by atoms with van der Waals surface area (Å²) in [6.07, 6.45) is 6.89. The summed E-state index contributed by atoms with van der Waals surface area (Å²) >= 11 is 1.92. The fraction of sp³-hybridized carbons (Fsp3) is 0.727. The fourth-order valence-electron chi connectivity index (χ4n) is 2.19. The van der Waals surface area contributed by atoms with Crippen molar-refractivity contribution in [1.29, 1.82) is 0 Å². The van der Waals surface area contributed by atoms with Crippen LogP contribution in [0.2, 0.25) is 0 Å². The van der Waals surface area contributed by atoms with Crippen molar-refractivity contribution in [1.82, 2.24) is 0 Å². The van der Waals surface area contributed by atoms with Crippen LogP contribution in [0.5, 0.6) is 0 Å². The van der Waals surface area contributed by atoms with Crippen molar-refractivity contribution in [3.8, 4) is 0 Å². The van der Waals surface area contributed by atoms with Crippen molar-refractivity contribution in [2.24, 2.45) is 10.4 Å². The van der Waals surface area contributed by atoms with Gasteiger partial charge in [-0.3, -0.25) is 4.99 Å². The van der Waals surface area contributed by atoms with Crippen LogP contribution in [0.25, 0.3) is 0 Å². The zero-order valence-electron chi connectivity index (χ0n) is 8.63. The second-order valence-corrected chi connectivity index (χ2v) is 5.59. The van der Waals surface area contributed by atoms with Gasteiger partial charge in [-0.25, -0.2) is 0 Å². The van der Waals surface area contributed by atoms with Gasteiger partial charge in [-0.1, -0.05) is 26.0 Å². The molecule has 2 atom stereocenters. The van der Waals surface area contributed by atoms with Crippen LogP contribution in [0.15, 0.2) is 17.1 Å². The first kappa shape index (κ1) is 9.32. The number of allylic oxidation sites excluding steroid dienone is 1. The normalized spacial score (nSPS) is 42.2. The quantitative estimate of drug-likeness (QED) is 0.585. The van der Waals surface area contributed by atoms with Crippen LogP contribution in [0, 0.1) is 5.41 Å². The number of hydrogen-bond donors (Lipinski definition) is 0. The average molecular weight is 195 g/mol. The van der Waals surface area contributed by atoms with E-state index in [9.17, 15) is 0 Å². The van der Waals surface area contributed by atoms with Gasteiger partial charge < -0.3 is 0 Å². The molecule has 13 heavy (non-hydrogen) atoms. The third kappa shape index (κ3) is 1.11. The van der Waals surface area contributed by atoms with Crippen LogP contribution in [-0.4, -0.2) is 16.3 Å². The van der Waals surface area contributed by atoms with Crippen LogP contribution >= 0.6 is 11.8 Å². The lowest BCUT2D eigenvalue weighted by Crippen LogP contribution is -2.56. The van der Waals surface area contributed by atoms with Crippen molar-refractivity contribution >= 4 is 16.8 Å². The van der Waals surface area contributed by atoms with E-state index >= 15 is 0 Å². The second-order valence-electron chi connectivity index (χ2n) is 4.34. The topological polar surface area (TPSA) is 12.4 Å². The number of thioether (sulfide) groups is 1. The molecule has 2 aliphatic rings. The smallest absolute Gasteiger partial charge is 0.0769 e. The fourth-order valence-corrected chi connectivity index (χ4v) is 3.35. The van der Waals surface area contributed by atoms with Crippen LogP contribution in [0.1, 0.15) is 33.6 Å². The van der Waals surface area contributed by atoms with Gasteiger partial charge in [0.1, 0.15) is 0 Å². The minimum atomic E-state index is 0.208. The molecule has 0 saturated heterocycles. The van der Waals surface area contributed by atoms with Crippen molar-refractivity contribution in [2.45, 2.75) is 39.2 Å². The molecule has 2 heteroatoms. The molecule has 0 spiro atoms. The van der Waals surface area contributed by atoms with E-state index < -0.39 is 0 Å². The van der Waals surface area contributed by atoms with Crippen LogP contribution in [0.3, 0.4) is 0 Å². The molecule has 1 aliphatic heterocycles. The average Bonchev–Trinajstić information content (AvgIpc) is 2.10. The molecular formula is C11H17NS. The van der Waals surface area contributed by atoms with Gasteiger partial charge in [-0.2, -0.15) is 0 Å². The molecule has 0 aromatic heterocycles. The van der Waals surface area contributed by atoms with E-state index in [1.54, 1.807) is 0 Å². The lowest BCUT2D eigenvalue weighted by atomic mass is 9.62. The summed E-state index contributed by atoms with van der Waals surface area (Å²) in [5, 5.41) is 1.38. The van der Waals surface area contributed by atoms with Crippen molar-refractivity contribution < 1.29 is 0 Å². The zero-order valence-corrected chi connectivity index (χ0v) is 9.45. The minimum Gasteiger partial charge on any atom is -0.275 e. The number of hydrogen-bond acceptors (Lipinski definition) is 2.